The number of carbonyl (C=O) groups is 1. The lowest BCUT2D eigenvalue weighted by molar-refractivity contribution is 0.105. The smallest absolute Gasteiger partial charge is 0.196 e. The molecule has 0 amide bonds. The first kappa shape index (κ1) is 17.8. The summed E-state index contributed by atoms with van der Waals surface area (Å²) in [7, 11) is 0. The van der Waals surface area contributed by atoms with Crippen LogP contribution in [0.1, 0.15) is 31.9 Å². The maximum atomic E-state index is 12.7. The minimum absolute atomic E-state index is 0.0211. The normalized spacial score (nSPS) is 11.5. The highest BCUT2D eigenvalue weighted by Crippen LogP contribution is 2.34. The van der Waals surface area contributed by atoms with E-state index in [-0.39, 0.29) is 5.78 Å². The van der Waals surface area contributed by atoms with E-state index in [1.807, 2.05) is 39.0 Å². The van der Waals surface area contributed by atoms with Gasteiger partial charge in [0.1, 0.15) is 5.75 Å². The topological polar surface area (TPSA) is 37.3 Å². The van der Waals surface area contributed by atoms with Gasteiger partial charge in [0.2, 0.25) is 0 Å². The van der Waals surface area contributed by atoms with Crippen molar-refractivity contribution in [3.8, 4) is 5.75 Å². The molecule has 1 aromatic heterocycles. The average molecular weight is 369 g/mol. The van der Waals surface area contributed by atoms with Gasteiger partial charge in [0.15, 0.2) is 5.78 Å². The summed E-state index contributed by atoms with van der Waals surface area (Å²) in [5.74, 6) is 0.334. The molecule has 0 radical (unpaired) electrons. The van der Waals surface area contributed by atoms with E-state index >= 15 is 0 Å². The maximum absolute atomic E-state index is 12.7. The molecule has 0 aliphatic rings. The molecule has 25 heavy (non-hydrogen) atoms. The predicted octanol–water partition coefficient (Wildman–Crippen LogP) is 6.15. The van der Waals surface area contributed by atoms with E-state index < -0.39 is 0 Å². The molecule has 1 heterocycles. The molecule has 0 saturated heterocycles. The van der Waals surface area contributed by atoms with Crippen molar-refractivity contribution in [1.82, 2.24) is 0 Å². The van der Waals surface area contributed by atoms with E-state index in [0.717, 1.165) is 37.2 Å². The molecule has 0 unspecified atom stereocenters. The average Bonchev–Trinajstić information content (AvgIpc) is 2.93. The Kier molecular flexibility index (Phi) is 5.02. The Morgan fingerprint density at radius 1 is 1.12 bits per heavy atom. The standard InChI is InChI=1S/C21H20O2S2/c1-12-9-15(10-13(2)20(12)23)5-8-18(22)21-14(3)17-7-6-16(24-4)11-19(17)25-21/h5-11,23H,1-4H3/b8-5+. The second-order valence-electron chi connectivity index (χ2n) is 6.12. The molecule has 128 valence electrons. The van der Waals surface area contributed by atoms with Gasteiger partial charge >= 0.3 is 0 Å². The Bertz CT molecular complexity index is 974. The summed E-state index contributed by atoms with van der Waals surface area (Å²) >= 11 is 3.26. The summed E-state index contributed by atoms with van der Waals surface area (Å²) in [6, 6.07) is 10.1. The molecular formula is C21H20O2S2. The van der Waals surface area contributed by atoms with Crippen LogP contribution in [0, 0.1) is 20.8 Å². The third kappa shape index (κ3) is 3.51. The van der Waals surface area contributed by atoms with Crippen molar-refractivity contribution in [2.45, 2.75) is 25.7 Å². The first-order chi connectivity index (χ1) is 11.9. The summed E-state index contributed by atoms with van der Waals surface area (Å²) in [6.07, 6.45) is 5.50. The van der Waals surface area contributed by atoms with Crippen LogP contribution in [0.15, 0.2) is 41.3 Å². The van der Waals surface area contributed by atoms with Crippen LogP contribution in [0.25, 0.3) is 16.2 Å². The number of rotatable bonds is 4. The summed E-state index contributed by atoms with van der Waals surface area (Å²) in [4.78, 5) is 14.7. The fourth-order valence-corrected chi connectivity index (χ4v) is 4.58. The third-order valence-electron chi connectivity index (χ3n) is 4.31. The zero-order valence-corrected chi connectivity index (χ0v) is 16.3. The number of aryl methyl sites for hydroxylation is 3. The molecule has 1 N–H and O–H groups in total. The van der Waals surface area contributed by atoms with Crippen molar-refractivity contribution in [1.29, 1.82) is 0 Å². The number of fused-ring (bicyclic) bond motifs is 1. The van der Waals surface area contributed by atoms with Gasteiger partial charge in [0.25, 0.3) is 0 Å². The van der Waals surface area contributed by atoms with Crippen molar-refractivity contribution >= 4 is 45.0 Å². The summed E-state index contributed by atoms with van der Waals surface area (Å²) < 4.78 is 1.15. The quantitative estimate of drug-likeness (QED) is 0.341. The number of hydrogen-bond acceptors (Lipinski definition) is 4. The van der Waals surface area contributed by atoms with Crippen molar-refractivity contribution in [3.05, 3.63) is 63.5 Å². The van der Waals surface area contributed by atoms with E-state index in [1.165, 1.54) is 4.90 Å². The second kappa shape index (κ2) is 7.06. The van der Waals surface area contributed by atoms with Crippen LogP contribution >= 0.6 is 23.1 Å². The Balaban J connectivity index is 1.93. The first-order valence-electron chi connectivity index (χ1n) is 8.00. The van der Waals surface area contributed by atoms with E-state index in [2.05, 4.69) is 24.5 Å². The van der Waals surface area contributed by atoms with Gasteiger partial charge < -0.3 is 5.11 Å². The molecule has 0 fully saturated rings. The highest BCUT2D eigenvalue weighted by Gasteiger charge is 2.14. The van der Waals surface area contributed by atoms with Crippen LogP contribution in [0.5, 0.6) is 5.75 Å². The van der Waals surface area contributed by atoms with Crippen LogP contribution in [0.4, 0.5) is 0 Å². The van der Waals surface area contributed by atoms with E-state index in [0.29, 0.717) is 5.75 Å². The van der Waals surface area contributed by atoms with Crippen molar-refractivity contribution in [3.63, 3.8) is 0 Å². The van der Waals surface area contributed by atoms with Gasteiger partial charge in [-0.1, -0.05) is 12.1 Å². The Labute approximate surface area is 156 Å². The van der Waals surface area contributed by atoms with Crippen molar-refractivity contribution in [2.75, 3.05) is 6.26 Å². The summed E-state index contributed by atoms with van der Waals surface area (Å²) in [5, 5.41) is 11.0. The van der Waals surface area contributed by atoms with Gasteiger partial charge in [-0.15, -0.1) is 23.1 Å². The molecule has 3 rings (SSSR count). The minimum atomic E-state index is 0.0211. The minimum Gasteiger partial charge on any atom is -0.507 e. The van der Waals surface area contributed by atoms with Crippen LogP contribution in [-0.2, 0) is 0 Å². The van der Waals surface area contributed by atoms with Gasteiger partial charge in [0, 0.05) is 9.60 Å². The molecule has 0 atom stereocenters. The monoisotopic (exact) mass is 368 g/mol. The highest BCUT2D eigenvalue weighted by atomic mass is 32.2. The van der Waals surface area contributed by atoms with Crippen molar-refractivity contribution < 1.29 is 9.90 Å². The molecular weight excluding hydrogens is 348 g/mol. The van der Waals surface area contributed by atoms with Gasteiger partial charge in [0.05, 0.1) is 4.88 Å². The molecule has 3 aromatic rings. The molecule has 4 heteroatoms. The number of thiophene rings is 1. The summed E-state index contributed by atoms with van der Waals surface area (Å²) in [6.45, 7) is 5.73. The predicted molar refractivity (Wildman–Crippen MR) is 109 cm³/mol. The number of ketones is 1. The summed E-state index contributed by atoms with van der Waals surface area (Å²) in [5.41, 5.74) is 3.59. The number of phenols is 1. The number of phenolic OH excluding ortho intramolecular Hbond substituents is 1. The van der Waals surface area contributed by atoms with Gasteiger partial charge in [-0.2, -0.15) is 0 Å². The molecule has 2 nitrogen and oxygen atoms in total. The number of benzene rings is 2. The number of aromatic hydroxyl groups is 1. The number of hydrogen-bond donors (Lipinski definition) is 1. The second-order valence-corrected chi connectivity index (χ2v) is 8.05. The zero-order valence-electron chi connectivity index (χ0n) is 14.7. The molecule has 0 aliphatic carbocycles. The van der Waals surface area contributed by atoms with Gasteiger partial charge in [-0.05, 0) is 85.0 Å². The van der Waals surface area contributed by atoms with Crippen LogP contribution in [-0.4, -0.2) is 17.1 Å². The molecule has 2 aromatic carbocycles. The van der Waals surface area contributed by atoms with E-state index in [4.69, 9.17) is 0 Å². The molecule has 0 bridgehead atoms. The fraction of sp³-hybridized carbons (Fsp3) is 0.190. The van der Waals surface area contributed by atoms with Crippen LogP contribution < -0.4 is 0 Å². The van der Waals surface area contributed by atoms with Gasteiger partial charge in [-0.3, -0.25) is 4.79 Å². The molecule has 0 spiro atoms. The lowest BCUT2D eigenvalue weighted by Gasteiger charge is -2.04. The molecule has 0 saturated carbocycles. The Hall–Kier alpha value is -2.04. The number of carbonyl (C=O) groups excluding carboxylic acids is 1. The molecule has 0 aliphatic heterocycles. The largest absolute Gasteiger partial charge is 0.507 e. The maximum Gasteiger partial charge on any atom is 0.196 e. The van der Waals surface area contributed by atoms with E-state index in [9.17, 15) is 9.90 Å². The Morgan fingerprint density at radius 3 is 2.44 bits per heavy atom. The lowest BCUT2D eigenvalue weighted by Crippen LogP contribution is -1.92. The zero-order chi connectivity index (χ0) is 18.1. The SMILES string of the molecule is CSc1ccc2c(C)c(C(=O)/C=C/c3cc(C)c(O)c(C)c3)sc2c1. The number of thioether (sulfide) groups is 1. The van der Waals surface area contributed by atoms with Gasteiger partial charge in [-0.25, -0.2) is 0 Å². The van der Waals surface area contributed by atoms with Crippen molar-refractivity contribution in [2.24, 2.45) is 0 Å². The number of allylic oxidation sites excluding steroid dienone is 1. The third-order valence-corrected chi connectivity index (χ3v) is 6.30. The van der Waals surface area contributed by atoms with E-state index in [1.54, 1.807) is 29.2 Å². The Morgan fingerprint density at radius 2 is 1.80 bits per heavy atom. The first-order valence-corrected chi connectivity index (χ1v) is 10.0. The lowest BCUT2D eigenvalue weighted by atomic mass is 10.0. The van der Waals surface area contributed by atoms with Crippen LogP contribution in [0.3, 0.4) is 0 Å². The fourth-order valence-electron chi connectivity index (χ4n) is 2.90. The highest BCUT2D eigenvalue weighted by molar-refractivity contribution is 7.98. The van der Waals surface area contributed by atoms with Crippen LogP contribution in [0.2, 0.25) is 0 Å².